The second-order valence-corrected chi connectivity index (χ2v) is 8.14. The predicted molar refractivity (Wildman–Crippen MR) is 135 cm³/mol. The Labute approximate surface area is 186 Å². The molecule has 0 spiro atoms. The van der Waals surface area contributed by atoms with E-state index in [2.05, 4.69) is 109 Å². The van der Waals surface area contributed by atoms with Crippen LogP contribution in [0.15, 0.2) is 120 Å². The molecule has 0 aliphatic heterocycles. The zero-order valence-corrected chi connectivity index (χ0v) is 17.9. The van der Waals surface area contributed by atoms with E-state index in [-0.39, 0.29) is 0 Å². The molecule has 2 heteroatoms. The third-order valence-corrected chi connectivity index (χ3v) is 6.22. The molecule has 6 aromatic rings. The van der Waals surface area contributed by atoms with E-state index in [1.54, 1.807) is 0 Å². The highest BCUT2D eigenvalue weighted by molar-refractivity contribution is 6.16. The third-order valence-electron chi connectivity index (χ3n) is 6.22. The van der Waals surface area contributed by atoms with Crippen LogP contribution in [0.4, 0.5) is 5.69 Å². The molecule has 0 aliphatic carbocycles. The molecule has 0 unspecified atom stereocenters. The Bertz CT molecular complexity index is 1660. The standard InChI is InChI=1S/C30H22N2/c1-32-28-20-23(21-10-4-2-5-11-21)17-18-26(28)27-19-16-22-12-8-9-15-25(22)29(27)30(32)31-24-13-6-3-7-14-24/h2-20H,1H3. The van der Waals surface area contributed by atoms with Crippen molar-refractivity contribution in [3.8, 4) is 11.1 Å². The van der Waals surface area contributed by atoms with Crippen LogP contribution in [0, 0.1) is 0 Å². The lowest BCUT2D eigenvalue weighted by molar-refractivity contribution is 0.891. The SMILES string of the molecule is Cn1c(=Nc2ccccc2)c2c3ccccc3ccc2c2ccc(-c3ccccc3)cc21. The fraction of sp³-hybridized carbons (Fsp3) is 0.0333. The van der Waals surface area contributed by atoms with Gasteiger partial charge in [-0.2, -0.15) is 0 Å². The van der Waals surface area contributed by atoms with E-state index in [0.29, 0.717) is 0 Å². The third kappa shape index (κ3) is 3.00. The van der Waals surface area contributed by atoms with Gasteiger partial charge >= 0.3 is 0 Å². The number of hydrogen-bond acceptors (Lipinski definition) is 1. The van der Waals surface area contributed by atoms with Gasteiger partial charge in [0.05, 0.1) is 11.2 Å². The first-order valence-corrected chi connectivity index (χ1v) is 10.9. The van der Waals surface area contributed by atoms with Gasteiger partial charge in [0.15, 0.2) is 0 Å². The number of rotatable bonds is 2. The van der Waals surface area contributed by atoms with Crippen molar-refractivity contribution in [2.75, 3.05) is 0 Å². The van der Waals surface area contributed by atoms with Gasteiger partial charge in [0.2, 0.25) is 0 Å². The lowest BCUT2D eigenvalue weighted by Gasteiger charge is -2.15. The van der Waals surface area contributed by atoms with Gasteiger partial charge in [-0.15, -0.1) is 0 Å². The molecule has 0 fully saturated rings. The van der Waals surface area contributed by atoms with E-state index in [1.807, 2.05) is 18.2 Å². The van der Waals surface area contributed by atoms with E-state index >= 15 is 0 Å². The first-order valence-electron chi connectivity index (χ1n) is 10.9. The zero-order chi connectivity index (χ0) is 21.5. The summed E-state index contributed by atoms with van der Waals surface area (Å²) in [5, 5.41) is 6.11. The predicted octanol–water partition coefficient (Wildman–Crippen LogP) is 7.38. The maximum Gasteiger partial charge on any atom is 0.141 e. The summed E-state index contributed by atoms with van der Waals surface area (Å²) >= 11 is 0. The number of hydrogen-bond donors (Lipinski definition) is 0. The van der Waals surface area contributed by atoms with Gasteiger partial charge in [-0.3, -0.25) is 0 Å². The summed E-state index contributed by atoms with van der Waals surface area (Å²) in [6.07, 6.45) is 0. The smallest absolute Gasteiger partial charge is 0.141 e. The lowest BCUT2D eigenvalue weighted by Crippen LogP contribution is -2.19. The summed E-state index contributed by atoms with van der Waals surface area (Å²) in [5.41, 5.74) is 5.52. The Morgan fingerprint density at radius 1 is 0.562 bits per heavy atom. The Morgan fingerprint density at radius 3 is 2.06 bits per heavy atom. The quantitative estimate of drug-likeness (QED) is 0.265. The molecule has 0 atom stereocenters. The molecule has 5 aromatic carbocycles. The molecular formula is C30H22N2. The number of benzene rings is 5. The molecule has 32 heavy (non-hydrogen) atoms. The van der Waals surface area contributed by atoms with Crippen LogP contribution < -0.4 is 5.49 Å². The summed E-state index contributed by atoms with van der Waals surface area (Å²) in [5.74, 6) is 0. The molecule has 0 bridgehead atoms. The fourth-order valence-corrected chi connectivity index (χ4v) is 4.62. The summed E-state index contributed by atoms with van der Waals surface area (Å²) < 4.78 is 2.24. The van der Waals surface area contributed by atoms with Crippen LogP contribution in [0.3, 0.4) is 0 Å². The summed E-state index contributed by atoms with van der Waals surface area (Å²) in [6.45, 7) is 0. The van der Waals surface area contributed by atoms with Crippen molar-refractivity contribution < 1.29 is 0 Å². The van der Waals surface area contributed by atoms with Crippen LogP contribution in [0.5, 0.6) is 0 Å². The van der Waals surface area contributed by atoms with Crippen molar-refractivity contribution in [3.05, 3.63) is 121 Å². The van der Waals surface area contributed by atoms with Crippen LogP contribution in [0.1, 0.15) is 0 Å². The number of aromatic nitrogens is 1. The molecule has 0 N–H and O–H groups in total. The molecule has 6 rings (SSSR count). The average molecular weight is 411 g/mol. The molecule has 152 valence electrons. The second kappa shape index (κ2) is 7.51. The van der Waals surface area contributed by atoms with Gasteiger partial charge in [0.25, 0.3) is 0 Å². The van der Waals surface area contributed by atoms with Crippen LogP contribution in [-0.4, -0.2) is 4.57 Å². The minimum Gasteiger partial charge on any atom is -0.328 e. The maximum absolute atomic E-state index is 5.13. The van der Waals surface area contributed by atoms with E-state index < -0.39 is 0 Å². The van der Waals surface area contributed by atoms with Crippen LogP contribution in [0.2, 0.25) is 0 Å². The summed E-state index contributed by atoms with van der Waals surface area (Å²) in [4.78, 5) is 5.13. The van der Waals surface area contributed by atoms with E-state index in [0.717, 1.165) is 11.2 Å². The Kier molecular flexibility index (Phi) is 4.36. The van der Waals surface area contributed by atoms with Crippen molar-refractivity contribution in [2.24, 2.45) is 12.0 Å². The monoisotopic (exact) mass is 410 g/mol. The topological polar surface area (TPSA) is 17.3 Å². The van der Waals surface area contributed by atoms with Crippen LogP contribution >= 0.6 is 0 Å². The molecule has 1 heterocycles. The summed E-state index contributed by atoms with van der Waals surface area (Å²) in [6, 6.07) is 40.5. The molecule has 0 aliphatic rings. The normalized spacial score (nSPS) is 12.1. The molecule has 2 nitrogen and oxygen atoms in total. The van der Waals surface area contributed by atoms with Crippen molar-refractivity contribution in [3.63, 3.8) is 0 Å². The first-order chi connectivity index (χ1) is 15.8. The van der Waals surface area contributed by atoms with Gasteiger partial charge < -0.3 is 4.57 Å². The molecule has 1 aromatic heterocycles. The highest BCUT2D eigenvalue weighted by atomic mass is 15.0. The van der Waals surface area contributed by atoms with Gasteiger partial charge in [0.1, 0.15) is 5.49 Å². The maximum atomic E-state index is 5.13. The van der Waals surface area contributed by atoms with Gasteiger partial charge in [-0.05, 0) is 45.5 Å². The zero-order valence-electron chi connectivity index (χ0n) is 17.9. The molecule has 0 radical (unpaired) electrons. The minimum atomic E-state index is 0.955. The average Bonchev–Trinajstić information content (AvgIpc) is 2.87. The largest absolute Gasteiger partial charge is 0.328 e. The van der Waals surface area contributed by atoms with E-state index in [1.165, 1.54) is 43.6 Å². The molecule has 0 saturated carbocycles. The Balaban J connectivity index is 1.79. The van der Waals surface area contributed by atoms with Crippen molar-refractivity contribution in [2.45, 2.75) is 0 Å². The van der Waals surface area contributed by atoms with Crippen molar-refractivity contribution >= 4 is 38.1 Å². The number of para-hydroxylation sites is 1. The molecular weight excluding hydrogens is 388 g/mol. The Hall–Kier alpha value is -4.17. The van der Waals surface area contributed by atoms with E-state index in [4.69, 9.17) is 4.99 Å². The molecule has 0 saturated heterocycles. The van der Waals surface area contributed by atoms with Gasteiger partial charge in [0, 0.05) is 17.8 Å². The fourth-order valence-electron chi connectivity index (χ4n) is 4.62. The van der Waals surface area contributed by atoms with Crippen molar-refractivity contribution in [1.82, 2.24) is 4.57 Å². The lowest BCUT2D eigenvalue weighted by atomic mass is 9.97. The number of aryl methyl sites for hydroxylation is 1. The van der Waals surface area contributed by atoms with E-state index in [9.17, 15) is 0 Å². The van der Waals surface area contributed by atoms with Crippen LogP contribution in [0.25, 0.3) is 43.6 Å². The van der Waals surface area contributed by atoms with Gasteiger partial charge in [-0.1, -0.05) is 97.1 Å². The minimum absolute atomic E-state index is 0.955. The second-order valence-electron chi connectivity index (χ2n) is 8.14. The molecule has 0 amide bonds. The Morgan fingerprint density at radius 2 is 1.25 bits per heavy atom. The number of nitrogens with zero attached hydrogens (tertiary/aromatic N) is 2. The van der Waals surface area contributed by atoms with Crippen molar-refractivity contribution in [1.29, 1.82) is 0 Å². The van der Waals surface area contributed by atoms with Gasteiger partial charge in [-0.25, -0.2) is 4.99 Å². The highest BCUT2D eigenvalue weighted by Crippen LogP contribution is 2.31. The highest BCUT2D eigenvalue weighted by Gasteiger charge is 2.12. The van der Waals surface area contributed by atoms with Crippen LogP contribution in [-0.2, 0) is 7.05 Å². The number of fused-ring (bicyclic) bond motifs is 5. The first kappa shape index (κ1) is 18.6. The summed E-state index contributed by atoms with van der Waals surface area (Å²) in [7, 11) is 2.13. The number of pyridine rings is 1.